The fraction of sp³-hybridized carbons (Fsp3) is 0.458. The van der Waals surface area contributed by atoms with Crippen LogP contribution in [0.1, 0.15) is 56.2 Å². The zero-order valence-electron chi connectivity index (χ0n) is 19.9. The van der Waals surface area contributed by atoms with Crippen LogP contribution in [0.5, 0.6) is 5.75 Å². The molecule has 0 aromatic carbocycles. The molecule has 0 radical (unpaired) electrons. The summed E-state index contributed by atoms with van der Waals surface area (Å²) in [5, 5.41) is 31.0. The van der Waals surface area contributed by atoms with Crippen LogP contribution in [0.2, 0.25) is 0 Å². The second kappa shape index (κ2) is 13.5. The second-order valence-electron chi connectivity index (χ2n) is 7.87. The van der Waals surface area contributed by atoms with Gasteiger partial charge in [0.25, 0.3) is 5.56 Å². The van der Waals surface area contributed by atoms with Crippen molar-refractivity contribution in [1.29, 1.82) is 0 Å². The molecular formula is C24H30F3N3O6. The highest BCUT2D eigenvalue weighted by Crippen LogP contribution is 2.37. The third kappa shape index (κ3) is 8.28. The molecule has 5 N–H and O–H groups in total. The number of rotatable bonds is 7. The van der Waals surface area contributed by atoms with E-state index in [1.165, 1.54) is 13.0 Å². The fourth-order valence-electron chi connectivity index (χ4n) is 3.32. The molecule has 9 nitrogen and oxygen atoms in total. The number of hydrogen-bond donors (Lipinski definition) is 5. The van der Waals surface area contributed by atoms with E-state index in [9.17, 15) is 37.8 Å². The van der Waals surface area contributed by atoms with E-state index < -0.39 is 41.8 Å². The van der Waals surface area contributed by atoms with Crippen molar-refractivity contribution in [2.24, 2.45) is 5.92 Å². The average molecular weight is 514 g/mol. The van der Waals surface area contributed by atoms with Gasteiger partial charge in [0, 0.05) is 17.2 Å². The van der Waals surface area contributed by atoms with Gasteiger partial charge < -0.3 is 25.2 Å². The molecule has 1 aromatic rings. The first-order chi connectivity index (χ1) is 16.9. The van der Waals surface area contributed by atoms with Crippen LogP contribution >= 0.6 is 0 Å². The van der Waals surface area contributed by atoms with Gasteiger partial charge >= 0.3 is 12.1 Å². The van der Waals surface area contributed by atoms with Crippen LogP contribution in [-0.4, -0.2) is 49.8 Å². The maximum Gasteiger partial charge on any atom is 0.416 e. The summed E-state index contributed by atoms with van der Waals surface area (Å²) >= 11 is 0. The number of allylic oxidation sites excluding steroid dienone is 4. The van der Waals surface area contributed by atoms with Crippen LogP contribution in [0.25, 0.3) is 0 Å². The lowest BCUT2D eigenvalue weighted by atomic mass is 10.1. The van der Waals surface area contributed by atoms with E-state index >= 15 is 0 Å². The molecule has 1 fully saturated rings. The summed E-state index contributed by atoms with van der Waals surface area (Å²) in [5.74, 6) is -1.59. The van der Waals surface area contributed by atoms with Crippen LogP contribution < -0.4 is 10.9 Å². The fourth-order valence-corrected chi connectivity index (χ4v) is 3.32. The van der Waals surface area contributed by atoms with E-state index in [4.69, 9.17) is 5.11 Å². The van der Waals surface area contributed by atoms with Gasteiger partial charge in [0.1, 0.15) is 17.5 Å². The minimum atomic E-state index is -4.21. The number of carboxylic acid groups (broad SMARTS) is 1. The number of halogens is 3. The lowest BCUT2D eigenvalue weighted by molar-refractivity contribution is -0.136. The van der Waals surface area contributed by atoms with Crippen LogP contribution in [0, 0.1) is 18.8 Å². The number of amides is 1. The van der Waals surface area contributed by atoms with Gasteiger partial charge in [-0.25, -0.2) is 0 Å². The first kappa shape index (κ1) is 30.5. The minimum absolute atomic E-state index is 0.00690. The standard InChI is InChI=1S/C14H17N3O6.C8H11F3.C2H2/c18-9(19)3-15-12(21)10-11(20)7-4-17(14(23)6-1-2-6)5-8(7)16-13(10)22;1-3-5-6-7(4-2)8(9,10)11;1-2/h6,12,15,21H,1-5H2,(H,18,19)(H2,16,20,22);4-6H,3H2,1-2H3;1-2H/b;6-5-,7-4+;. The van der Waals surface area contributed by atoms with E-state index in [2.05, 4.69) is 23.1 Å². The molecule has 1 unspecified atom stereocenters. The maximum absolute atomic E-state index is 12.1. The van der Waals surface area contributed by atoms with Gasteiger partial charge in [0.2, 0.25) is 5.91 Å². The number of nitrogens with one attached hydrogen (secondary N) is 2. The number of fused-ring (bicyclic) bond motifs is 1. The van der Waals surface area contributed by atoms with Crippen LogP contribution in [0.15, 0.2) is 28.6 Å². The molecular weight excluding hydrogens is 483 g/mol. The summed E-state index contributed by atoms with van der Waals surface area (Å²) in [6.45, 7) is 2.98. The Morgan fingerprint density at radius 3 is 2.36 bits per heavy atom. The number of nitrogens with zero attached hydrogens (tertiary/aromatic N) is 1. The monoisotopic (exact) mass is 513 g/mol. The average Bonchev–Trinajstić information content (AvgIpc) is 3.58. The van der Waals surface area contributed by atoms with E-state index in [1.54, 1.807) is 11.8 Å². The number of hydrogen-bond acceptors (Lipinski definition) is 6. The molecule has 36 heavy (non-hydrogen) atoms. The molecule has 1 amide bonds. The van der Waals surface area contributed by atoms with Gasteiger partial charge in [-0.15, -0.1) is 12.8 Å². The Kier molecular flexibility index (Phi) is 11.4. The molecule has 12 heteroatoms. The Labute approximate surface area is 206 Å². The summed E-state index contributed by atoms with van der Waals surface area (Å²) in [7, 11) is 0. The third-order valence-corrected chi connectivity index (χ3v) is 5.24. The predicted molar refractivity (Wildman–Crippen MR) is 125 cm³/mol. The molecule has 0 bridgehead atoms. The molecule has 1 atom stereocenters. The Hall–Kier alpha value is -3.56. The number of carbonyl (C=O) groups excluding carboxylic acids is 1. The molecule has 1 aromatic heterocycles. The highest BCUT2D eigenvalue weighted by molar-refractivity contribution is 5.81. The van der Waals surface area contributed by atoms with Crippen LogP contribution in [0.4, 0.5) is 13.2 Å². The largest absolute Gasteiger partial charge is 0.507 e. The molecule has 2 aliphatic rings. The molecule has 0 saturated heterocycles. The Morgan fingerprint density at radius 2 is 1.89 bits per heavy atom. The van der Waals surface area contributed by atoms with E-state index in [1.807, 2.05) is 0 Å². The number of aromatic nitrogens is 1. The van der Waals surface area contributed by atoms with Crippen molar-refractivity contribution in [3.63, 3.8) is 0 Å². The number of aliphatic hydroxyl groups excluding tert-OH is 1. The van der Waals surface area contributed by atoms with E-state index in [0.717, 1.165) is 25.0 Å². The normalized spacial score (nSPS) is 15.9. The lowest BCUT2D eigenvalue weighted by Gasteiger charge is -2.15. The molecule has 3 rings (SSSR count). The van der Waals surface area contributed by atoms with Gasteiger partial charge in [0.05, 0.1) is 25.2 Å². The summed E-state index contributed by atoms with van der Waals surface area (Å²) in [4.78, 5) is 38.8. The zero-order chi connectivity index (χ0) is 27.6. The number of terminal acetylenes is 1. The van der Waals surface area contributed by atoms with E-state index in [0.29, 0.717) is 17.7 Å². The quantitative estimate of drug-likeness (QED) is 0.214. The number of alkyl halides is 3. The Balaban J connectivity index is 0.000000423. The number of carboxylic acids is 1. The van der Waals surface area contributed by atoms with Crippen molar-refractivity contribution in [1.82, 2.24) is 15.2 Å². The molecule has 2 heterocycles. The minimum Gasteiger partial charge on any atom is -0.507 e. The highest BCUT2D eigenvalue weighted by atomic mass is 19.4. The smallest absolute Gasteiger partial charge is 0.416 e. The van der Waals surface area contributed by atoms with Gasteiger partial charge in [-0.05, 0) is 26.2 Å². The van der Waals surface area contributed by atoms with Crippen molar-refractivity contribution in [3.05, 3.63) is 51.0 Å². The number of pyridine rings is 1. The van der Waals surface area contributed by atoms with Crippen molar-refractivity contribution in [2.45, 2.75) is 58.6 Å². The first-order valence-corrected chi connectivity index (χ1v) is 11.0. The summed E-state index contributed by atoms with van der Waals surface area (Å²) in [5.41, 5.74) is -0.821. The number of aromatic amines is 1. The Bertz CT molecular complexity index is 1070. The van der Waals surface area contributed by atoms with Gasteiger partial charge in [0.15, 0.2) is 0 Å². The number of carbonyl (C=O) groups is 2. The number of aromatic hydroxyl groups is 1. The number of aliphatic carboxylic acids is 1. The van der Waals surface area contributed by atoms with Gasteiger partial charge in [-0.1, -0.05) is 25.2 Å². The molecule has 198 valence electrons. The van der Waals surface area contributed by atoms with Crippen molar-refractivity contribution in [2.75, 3.05) is 6.54 Å². The second-order valence-corrected chi connectivity index (χ2v) is 7.87. The first-order valence-electron chi connectivity index (χ1n) is 11.0. The SMILES string of the molecule is C#C.C/C=C(\C=C/CC)C(F)(F)F.O=C(O)CNC(O)c1c(O)c2c([nH]c1=O)CN(C(=O)C1CC1)C2. The van der Waals surface area contributed by atoms with Crippen molar-refractivity contribution >= 4 is 11.9 Å². The van der Waals surface area contributed by atoms with Crippen LogP contribution in [-0.2, 0) is 22.7 Å². The lowest BCUT2D eigenvalue weighted by Crippen LogP contribution is -2.31. The third-order valence-electron chi connectivity index (χ3n) is 5.24. The zero-order valence-corrected chi connectivity index (χ0v) is 19.9. The molecule has 1 aliphatic heterocycles. The predicted octanol–water partition coefficient (Wildman–Crippen LogP) is 2.71. The molecule has 1 saturated carbocycles. The molecule has 0 spiro atoms. The van der Waals surface area contributed by atoms with Gasteiger partial charge in [-0.3, -0.25) is 19.7 Å². The van der Waals surface area contributed by atoms with Crippen LogP contribution in [0.3, 0.4) is 0 Å². The summed E-state index contributed by atoms with van der Waals surface area (Å²) < 4.78 is 35.8. The van der Waals surface area contributed by atoms with Crippen molar-refractivity contribution in [3.8, 4) is 18.6 Å². The van der Waals surface area contributed by atoms with Gasteiger partial charge in [-0.2, -0.15) is 13.2 Å². The number of aliphatic hydroxyl groups is 1. The topological polar surface area (TPSA) is 143 Å². The maximum atomic E-state index is 12.1. The molecule has 1 aliphatic carbocycles. The highest BCUT2D eigenvalue weighted by Gasteiger charge is 2.37. The summed E-state index contributed by atoms with van der Waals surface area (Å²) in [6, 6.07) is 0. The van der Waals surface area contributed by atoms with E-state index in [-0.39, 0.29) is 30.5 Å². The number of H-pyrrole nitrogens is 1. The van der Waals surface area contributed by atoms with Crippen molar-refractivity contribution < 1.29 is 38.1 Å². The Morgan fingerprint density at radius 1 is 1.28 bits per heavy atom. The summed E-state index contributed by atoms with van der Waals surface area (Å²) in [6.07, 6.45) is 8.16.